The Morgan fingerprint density at radius 3 is 2.76 bits per heavy atom. The summed E-state index contributed by atoms with van der Waals surface area (Å²) in [7, 11) is 0. The molecule has 6 rings (SSSR count). The van der Waals surface area contributed by atoms with Gasteiger partial charge in [-0.15, -0.1) is 5.11 Å². The van der Waals surface area contributed by atoms with Crippen molar-refractivity contribution in [3.05, 3.63) is 18.3 Å². The van der Waals surface area contributed by atoms with Gasteiger partial charge in [-0.25, -0.2) is 4.98 Å². The lowest BCUT2D eigenvalue weighted by atomic mass is 9.44. The van der Waals surface area contributed by atoms with Crippen molar-refractivity contribution in [3.63, 3.8) is 0 Å². The Morgan fingerprint density at radius 1 is 1.00 bits per heavy atom. The molecule has 4 aliphatic carbocycles. The second kappa shape index (κ2) is 6.03. The molecule has 156 valence electrons. The van der Waals surface area contributed by atoms with Crippen LogP contribution in [0.5, 0.6) is 0 Å². The molecule has 5 nitrogen and oxygen atoms in total. The minimum atomic E-state index is -0.236. The van der Waals surface area contributed by atoms with Gasteiger partial charge in [-0.1, -0.05) is 13.8 Å². The van der Waals surface area contributed by atoms with Gasteiger partial charge in [0.1, 0.15) is 0 Å². The van der Waals surface area contributed by atoms with Crippen molar-refractivity contribution in [1.29, 1.82) is 0 Å². The van der Waals surface area contributed by atoms with E-state index in [-0.39, 0.29) is 17.2 Å². The average Bonchev–Trinajstić information content (AvgIpc) is 3.03. The number of aliphatic hydroxyl groups excluding tert-OH is 1. The second-order valence-corrected chi connectivity index (χ2v) is 11.2. The standard InChI is InChI=1S/C24H34N4O/c1-22-11-12-24(26-19-4-3-13-25-21(19)27-28-24)14-15(22)5-6-16-17-7-8-20(29)23(17,2)10-9-18(16)22/h3-4,13,15-18,20,26,29H,5-12,14H2,1-2H3/t15-,16-,17-,18-,20-,22-,23-,24?/m0/s1. The molecular formula is C24H34N4O. The molecule has 0 bridgehead atoms. The number of hydrogen-bond acceptors (Lipinski definition) is 5. The summed E-state index contributed by atoms with van der Waals surface area (Å²) in [6, 6.07) is 4.06. The van der Waals surface area contributed by atoms with Crippen LogP contribution in [0.3, 0.4) is 0 Å². The van der Waals surface area contributed by atoms with Gasteiger partial charge in [0.05, 0.1) is 11.8 Å². The third-order valence-corrected chi connectivity index (χ3v) is 10.2. The summed E-state index contributed by atoms with van der Waals surface area (Å²) in [6.45, 7) is 4.97. The van der Waals surface area contributed by atoms with Gasteiger partial charge in [-0.05, 0) is 104 Å². The SMILES string of the molecule is C[C@]12CCC3(C[C@@H]1CC[C@@H]1[C@@H]2CC[C@]2(C)[C@@H](O)CC[C@@H]12)N=Nc1ncccc1N3. The van der Waals surface area contributed by atoms with Gasteiger partial charge in [0, 0.05) is 6.20 Å². The Hall–Kier alpha value is -1.49. The number of pyridine rings is 1. The van der Waals surface area contributed by atoms with E-state index in [9.17, 15) is 5.11 Å². The van der Waals surface area contributed by atoms with Crippen molar-refractivity contribution < 1.29 is 5.11 Å². The van der Waals surface area contributed by atoms with E-state index in [2.05, 4.69) is 35.3 Å². The zero-order valence-electron chi connectivity index (χ0n) is 17.8. The molecule has 1 aromatic heterocycles. The van der Waals surface area contributed by atoms with E-state index in [4.69, 9.17) is 5.11 Å². The molecule has 1 spiro atoms. The summed E-state index contributed by atoms with van der Waals surface area (Å²) < 4.78 is 0. The van der Waals surface area contributed by atoms with Gasteiger partial charge >= 0.3 is 0 Å². The summed E-state index contributed by atoms with van der Waals surface area (Å²) in [4.78, 5) is 4.35. The van der Waals surface area contributed by atoms with Crippen LogP contribution in [0, 0.1) is 34.5 Å². The summed E-state index contributed by atoms with van der Waals surface area (Å²) >= 11 is 0. The molecule has 5 heteroatoms. The molecular weight excluding hydrogens is 360 g/mol. The van der Waals surface area contributed by atoms with Gasteiger partial charge in [0.25, 0.3) is 0 Å². The zero-order chi connectivity index (χ0) is 19.9. The molecule has 0 radical (unpaired) electrons. The summed E-state index contributed by atoms with van der Waals surface area (Å²) in [6.07, 6.45) is 12.5. The third-order valence-electron chi connectivity index (χ3n) is 10.2. The number of nitrogens with one attached hydrogen (secondary N) is 1. The molecule has 0 saturated heterocycles. The largest absolute Gasteiger partial charge is 0.393 e. The van der Waals surface area contributed by atoms with Crippen LogP contribution in [0.4, 0.5) is 11.5 Å². The van der Waals surface area contributed by atoms with Gasteiger partial charge in [0.2, 0.25) is 0 Å². The second-order valence-electron chi connectivity index (χ2n) is 11.2. The fraction of sp³-hybridized carbons (Fsp3) is 0.792. The van der Waals surface area contributed by atoms with Gasteiger partial charge in [-0.3, -0.25) is 0 Å². The summed E-state index contributed by atoms with van der Waals surface area (Å²) in [5.41, 5.74) is 1.39. The Balaban J connectivity index is 1.26. The van der Waals surface area contributed by atoms with Gasteiger partial charge < -0.3 is 10.4 Å². The molecule has 4 saturated carbocycles. The topological polar surface area (TPSA) is 69.9 Å². The minimum Gasteiger partial charge on any atom is -0.393 e. The molecule has 0 amide bonds. The maximum Gasteiger partial charge on any atom is 0.197 e. The third kappa shape index (κ3) is 2.46. The van der Waals surface area contributed by atoms with Crippen LogP contribution in [0.25, 0.3) is 0 Å². The van der Waals surface area contributed by atoms with Crippen LogP contribution in [0.15, 0.2) is 28.6 Å². The lowest BCUT2D eigenvalue weighted by Gasteiger charge is -2.62. The normalized spacial score (nSPS) is 50.2. The van der Waals surface area contributed by atoms with Crippen molar-refractivity contribution >= 4 is 11.5 Å². The lowest BCUT2D eigenvalue weighted by Crippen LogP contribution is -2.57. The van der Waals surface area contributed by atoms with Crippen LogP contribution in [-0.4, -0.2) is 21.9 Å². The van der Waals surface area contributed by atoms with Crippen molar-refractivity contribution in [2.75, 3.05) is 5.32 Å². The predicted octanol–water partition coefficient (Wildman–Crippen LogP) is 5.69. The Morgan fingerprint density at radius 2 is 1.86 bits per heavy atom. The monoisotopic (exact) mass is 394 g/mol. The summed E-state index contributed by atoms with van der Waals surface area (Å²) in [5, 5.41) is 23.7. The molecule has 2 N–H and O–H groups in total. The highest BCUT2D eigenvalue weighted by molar-refractivity contribution is 5.62. The van der Waals surface area contributed by atoms with Crippen molar-refractivity contribution in [2.24, 2.45) is 44.7 Å². The average molecular weight is 395 g/mol. The summed E-state index contributed by atoms with van der Waals surface area (Å²) in [5.74, 6) is 3.79. The Labute approximate surface area is 173 Å². The van der Waals surface area contributed by atoms with Crippen LogP contribution in [0.2, 0.25) is 0 Å². The fourth-order valence-corrected chi connectivity index (χ4v) is 8.42. The van der Waals surface area contributed by atoms with E-state index < -0.39 is 0 Å². The molecule has 1 aliphatic heterocycles. The molecule has 29 heavy (non-hydrogen) atoms. The number of azo groups is 1. The van der Waals surface area contributed by atoms with E-state index >= 15 is 0 Å². The Bertz CT molecular complexity index is 857. The molecule has 5 aliphatic rings. The highest BCUT2D eigenvalue weighted by Gasteiger charge is 2.61. The van der Waals surface area contributed by atoms with Gasteiger partial charge in [0.15, 0.2) is 11.5 Å². The first-order valence-corrected chi connectivity index (χ1v) is 11.8. The van der Waals surface area contributed by atoms with Crippen LogP contribution in [-0.2, 0) is 0 Å². The molecule has 1 aromatic rings. The first-order chi connectivity index (χ1) is 13.9. The van der Waals surface area contributed by atoms with Crippen molar-refractivity contribution in [1.82, 2.24) is 4.98 Å². The highest BCUT2D eigenvalue weighted by atomic mass is 16.3. The van der Waals surface area contributed by atoms with E-state index in [0.717, 1.165) is 48.5 Å². The molecule has 1 unspecified atom stereocenters. The van der Waals surface area contributed by atoms with Gasteiger partial charge in [-0.2, -0.15) is 5.11 Å². The smallest absolute Gasteiger partial charge is 0.197 e. The number of anilines is 1. The number of fused-ring (bicyclic) bond motifs is 6. The van der Waals surface area contributed by atoms with Crippen LogP contribution >= 0.6 is 0 Å². The Kier molecular flexibility index (Phi) is 3.80. The predicted molar refractivity (Wildman–Crippen MR) is 113 cm³/mol. The quantitative estimate of drug-likeness (QED) is 0.594. The number of hydrogen-bond donors (Lipinski definition) is 2. The van der Waals surface area contributed by atoms with Crippen molar-refractivity contribution in [2.45, 2.75) is 83.4 Å². The maximum absolute atomic E-state index is 10.7. The number of nitrogens with zero attached hydrogens (tertiary/aromatic N) is 3. The fourth-order valence-electron chi connectivity index (χ4n) is 8.42. The van der Waals surface area contributed by atoms with Crippen molar-refractivity contribution in [3.8, 4) is 0 Å². The van der Waals surface area contributed by atoms with E-state index in [1.807, 2.05) is 6.07 Å². The highest BCUT2D eigenvalue weighted by Crippen LogP contribution is 2.67. The number of aliphatic hydroxyl groups is 1. The zero-order valence-corrected chi connectivity index (χ0v) is 17.8. The number of rotatable bonds is 0. The molecule has 0 aromatic carbocycles. The first kappa shape index (κ1) is 18.3. The maximum atomic E-state index is 10.7. The van der Waals surface area contributed by atoms with Crippen LogP contribution in [0.1, 0.15) is 71.6 Å². The first-order valence-electron chi connectivity index (χ1n) is 11.8. The minimum absolute atomic E-state index is 0.0749. The van der Waals surface area contributed by atoms with E-state index in [1.54, 1.807) is 6.20 Å². The molecule has 8 atom stereocenters. The number of aromatic nitrogens is 1. The molecule has 2 heterocycles. The molecule has 4 fully saturated rings. The lowest BCUT2D eigenvalue weighted by molar-refractivity contribution is -0.127. The van der Waals surface area contributed by atoms with Crippen LogP contribution < -0.4 is 5.32 Å². The van der Waals surface area contributed by atoms with E-state index in [0.29, 0.717) is 11.3 Å². The van der Waals surface area contributed by atoms with E-state index in [1.165, 1.54) is 38.5 Å².